The van der Waals surface area contributed by atoms with Crippen LogP contribution in [0.1, 0.15) is 10.4 Å². The summed E-state index contributed by atoms with van der Waals surface area (Å²) in [6, 6.07) is 8.11. The molecule has 0 radical (unpaired) electrons. The summed E-state index contributed by atoms with van der Waals surface area (Å²) in [6.45, 7) is 0. The van der Waals surface area contributed by atoms with Crippen molar-refractivity contribution in [2.45, 2.75) is 0 Å². The highest BCUT2D eigenvalue weighted by atomic mass is 79.9. The highest BCUT2D eigenvalue weighted by Crippen LogP contribution is 2.24. The molecular weight excluding hydrogens is 370 g/mol. The minimum absolute atomic E-state index is 0.260. The van der Waals surface area contributed by atoms with Gasteiger partial charge in [-0.1, -0.05) is 11.6 Å². The van der Waals surface area contributed by atoms with Crippen molar-refractivity contribution >= 4 is 55.2 Å². The van der Waals surface area contributed by atoms with Crippen LogP contribution in [0.15, 0.2) is 45.8 Å². The van der Waals surface area contributed by atoms with Crippen LogP contribution in [0.5, 0.6) is 0 Å². The number of methoxy groups -OCH3 is 1. The third kappa shape index (κ3) is 2.46. The number of hydrogen-bond acceptors (Lipinski definition) is 4. The Morgan fingerprint density at radius 2 is 2.00 bits per heavy atom. The molecule has 3 rings (SSSR count). The van der Waals surface area contributed by atoms with Crippen LogP contribution in [0, 0.1) is 0 Å². The molecular formula is C16H9BrClNO3. The molecule has 0 spiro atoms. The smallest absolute Gasteiger partial charge is 0.338 e. The zero-order valence-corrected chi connectivity index (χ0v) is 13.7. The van der Waals surface area contributed by atoms with E-state index >= 15 is 0 Å². The number of pyridine rings is 1. The number of benzene rings is 1. The SMILES string of the molecule is COC(=O)c1cc2cc(Br)cnc2c(=O)c2ccc(Cl)cc12. The summed E-state index contributed by atoms with van der Waals surface area (Å²) in [5.74, 6) is -0.538. The van der Waals surface area contributed by atoms with Gasteiger partial charge in [0.25, 0.3) is 0 Å². The van der Waals surface area contributed by atoms with E-state index in [-0.39, 0.29) is 16.5 Å². The van der Waals surface area contributed by atoms with E-state index in [9.17, 15) is 9.59 Å². The van der Waals surface area contributed by atoms with Crippen LogP contribution in [0.3, 0.4) is 0 Å². The zero-order valence-electron chi connectivity index (χ0n) is 11.4. The Bertz CT molecular complexity index is 988. The van der Waals surface area contributed by atoms with Gasteiger partial charge in [-0.15, -0.1) is 0 Å². The van der Waals surface area contributed by atoms with Crippen LogP contribution >= 0.6 is 27.5 Å². The van der Waals surface area contributed by atoms with Gasteiger partial charge < -0.3 is 4.74 Å². The summed E-state index contributed by atoms with van der Waals surface area (Å²) in [5, 5.41) is 1.79. The molecule has 1 heterocycles. The van der Waals surface area contributed by atoms with Gasteiger partial charge >= 0.3 is 5.97 Å². The molecule has 4 nitrogen and oxygen atoms in total. The molecule has 22 heavy (non-hydrogen) atoms. The first-order valence-electron chi connectivity index (χ1n) is 6.31. The van der Waals surface area contributed by atoms with Crippen LogP contribution in [0.25, 0.3) is 21.7 Å². The van der Waals surface area contributed by atoms with Crippen molar-refractivity contribution in [3.63, 3.8) is 0 Å². The van der Waals surface area contributed by atoms with Gasteiger partial charge in [-0.3, -0.25) is 9.78 Å². The zero-order chi connectivity index (χ0) is 15.9. The van der Waals surface area contributed by atoms with Crippen molar-refractivity contribution in [2.24, 2.45) is 0 Å². The van der Waals surface area contributed by atoms with Crippen molar-refractivity contribution < 1.29 is 9.53 Å². The minimum atomic E-state index is -0.538. The number of aromatic nitrogens is 1. The molecule has 0 unspecified atom stereocenters. The van der Waals surface area contributed by atoms with Crippen molar-refractivity contribution in [3.05, 3.63) is 61.8 Å². The van der Waals surface area contributed by atoms with E-state index in [0.717, 1.165) is 0 Å². The lowest BCUT2D eigenvalue weighted by atomic mass is 10.1. The first-order valence-corrected chi connectivity index (χ1v) is 7.48. The van der Waals surface area contributed by atoms with E-state index < -0.39 is 5.97 Å². The molecule has 0 N–H and O–H groups in total. The van der Waals surface area contributed by atoms with Crippen LogP contribution in [-0.2, 0) is 4.74 Å². The Morgan fingerprint density at radius 3 is 2.73 bits per heavy atom. The monoisotopic (exact) mass is 377 g/mol. The number of rotatable bonds is 1. The first kappa shape index (κ1) is 14.9. The number of nitrogens with zero attached hydrogens (tertiary/aromatic N) is 1. The lowest BCUT2D eigenvalue weighted by Gasteiger charge is -2.01. The Hall–Kier alpha value is -1.98. The fraction of sp³-hybridized carbons (Fsp3) is 0.0625. The second-order valence-electron chi connectivity index (χ2n) is 4.66. The molecule has 0 aliphatic heterocycles. The van der Waals surface area contributed by atoms with E-state index in [1.54, 1.807) is 36.5 Å². The third-order valence-electron chi connectivity index (χ3n) is 3.32. The molecule has 0 saturated heterocycles. The second kappa shape index (κ2) is 5.66. The maximum absolute atomic E-state index is 12.7. The fourth-order valence-corrected chi connectivity index (χ4v) is 2.85. The van der Waals surface area contributed by atoms with Gasteiger partial charge in [-0.25, -0.2) is 4.79 Å². The highest BCUT2D eigenvalue weighted by Gasteiger charge is 2.14. The second-order valence-corrected chi connectivity index (χ2v) is 6.01. The van der Waals surface area contributed by atoms with Crippen LogP contribution in [0.4, 0.5) is 0 Å². The van der Waals surface area contributed by atoms with Crippen LogP contribution in [-0.4, -0.2) is 18.1 Å². The molecule has 0 amide bonds. The quantitative estimate of drug-likeness (QED) is 0.602. The number of esters is 1. The average Bonchev–Trinajstić information content (AvgIpc) is 2.61. The fourth-order valence-electron chi connectivity index (χ4n) is 2.33. The number of halogens is 2. The number of carbonyl (C=O) groups is 1. The number of carbonyl (C=O) groups excluding carboxylic acids is 1. The summed E-state index contributed by atoms with van der Waals surface area (Å²) in [7, 11) is 1.29. The van der Waals surface area contributed by atoms with Gasteiger partial charge in [0.1, 0.15) is 5.52 Å². The largest absolute Gasteiger partial charge is 0.465 e. The molecule has 1 aromatic heterocycles. The lowest BCUT2D eigenvalue weighted by Crippen LogP contribution is -2.02. The Morgan fingerprint density at radius 1 is 1.23 bits per heavy atom. The lowest BCUT2D eigenvalue weighted by molar-refractivity contribution is 0.0603. The molecule has 0 aliphatic rings. The van der Waals surface area contributed by atoms with E-state index in [4.69, 9.17) is 16.3 Å². The normalized spacial score (nSPS) is 10.9. The van der Waals surface area contributed by atoms with Gasteiger partial charge in [0.05, 0.1) is 12.7 Å². The summed E-state index contributed by atoms with van der Waals surface area (Å²) in [5.41, 5.74) is 0.294. The molecule has 3 aromatic rings. The van der Waals surface area contributed by atoms with Gasteiger partial charge in [0, 0.05) is 31.9 Å². The molecule has 2 aromatic carbocycles. The molecule has 0 saturated carbocycles. The maximum Gasteiger partial charge on any atom is 0.338 e. The van der Waals surface area contributed by atoms with Gasteiger partial charge in [0.2, 0.25) is 5.43 Å². The Labute approximate surface area is 138 Å². The summed E-state index contributed by atoms with van der Waals surface area (Å²) >= 11 is 9.33. The molecule has 0 fully saturated rings. The van der Waals surface area contributed by atoms with E-state index in [0.29, 0.717) is 25.7 Å². The summed E-state index contributed by atoms with van der Waals surface area (Å²) in [4.78, 5) is 29.0. The van der Waals surface area contributed by atoms with E-state index in [1.807, 2.05) is 0 Å². The summed E-state index contributed by atoms with van der Waals surface area (Å²) < 4.78 is 5.54. The van der Waals surface area contributed by atoms with Crippen molar-refractivity contribution in [1.82, 2.24) is 4.98 Å². The maximum atomic E-state index is 12.7. The predicted octanol–water partition coefficient (Wildman–Crippen LogP) is 3.95. The van der Waals surface area contributed by atoms with E-state index in [2.05, 4.69) is 20.9 Å². The topological polar surface area (TPSA) is 56.3 Å². The van der Waals surface area contributed by atoms with E-state index in [1.165, 1.54) is 7.11 Å². The van der Waals surface area contributed by atoms with Gasteiger partial charge in [0.15, 0.2) is 0 Å². The minimum Gasteiger partial charge on any atom is -0.465 e. The molecule has 0 atom stereocenters. The standard InChI is InChI=1S/C16H9BrClNO3/c1-22-16(21)13-5-8-4-9(17)7-19-14(8)15(20)11-3-2-10(18)6-12(11)13/h2-7H,1H3. The number of fused-ring (bicyclic) bond motifs is 2. The average molecular weight is 379 g/mol. The predicted molar refractivity (Wildman–Crippen MR) is 89.6 cm³/mol. The van der Waals surface area contributed by atoms with Crippen LogP contribution in [0.2, 0.25) is 5.02 Å². The number of ether oxygens (including phenoxy) is 1. The molecule has 110 valence electrons. The summed E-state index contributed by atoms with van der Waals surface area (Å²) in [6.07, 6.45) is 1.54. The van der Waals surface area contributed by atoms with Crippen LogP contribution < -0.4 is 5.43 Å². The van der Waals surface area contributed by atoms with Gasteiger partial charge in [-0.05, 0) is 46.3 Å². The highest BCUT2D eigenvalue weighted by molar-refractivity contribution is 9.10. The first-order chi connectivity index (χ1) is 10.5. The van der Waals surface area contributed by atoms with Crippen molar-refractivity contribution in [2.75, 3.05) is 7.11 Å². The van der Waals surface area contributed by atoms with Crippen molar-refractivity contribution in [3.8, 4) is 0 Å². The molecule has 0 aliphatic carbocycles. The van der Waals surface area contributed by atoms with Crippen molar-refractivity contribution in [1.29, 1.82) is 0 Å². The van der Waals surface area contributed by atoms with Gasteiger partial charge in [-0.2, -0.15) is 0 Å². The Balaban J connectivity index is 2.64. The molecule has 6 heteroatoms. The molecule has 0 bridgehead atoms. The third-order valence-corrected chi connectivity index (χ3v) is 3.99. The number of hydrogen-bond donors (Lipinski definition) is 0. The Kier molecular flexibility index (Phi) is 3.85.